The fourth-order valence-electron chi connectivity index (χ4n) is 2.02. The Balaban J connectivity index is 1.49. The molecule has 0 aromatic carbocycles. The molecule has 96 valence electrons. The topological polar surface area (TPSA) is 70.2 Å². The van der Waals surface area contributed by atoms with E-state index < -0.39 is 0 Å². The molecule has 0 unspecified atom stereocenters. The zero-order valence-corrected chi connectivity index (χ0v) is 10.1. The fraction of sp³-hybridized carbons (Fsp3) is 0.833. The number of hydrogen-bond acceptors (Lipinski definition) is 3. The number of nitrogens with one attached hydrogen (secondary N) is 3. The first-order chi connectivity index (χ1) is 8.25. The van der Waals surface area contributed by atoms with Crippen LogP contribution in [0.4, 0.5) is 0 Å². The summed E-state index contributed by atoms with van der Waals surface area (Å²) in [6.45, 7) is 1.52. The van der Waals surface area contributed by atoms with Gasteiger partial charge in [-0.1, -0.05) is 0 Å². The van der Waals surface area contributed by atoms with Crippen molar-refractivity contribution >= 4 is 11.8 Å². The van der Waals surface area contributed by atoms with Crippen molar-refractivity contribution < 1.29 is 9.59 Å². The van der Waals surface area contributed by atoms with E-state index in [1.165, 1.54) is 0 Å². The van der Waals surface area contributed by atoms with Gasteiger partial charge in [-0.3, -0.25) is 9.59 Å². The highest BCUT2D eigenvalue weighted by molar-refractivity contribution is 5.82. The van der Waals surface area contributed by atoms with Gasteiger partial charge in [0.05, 0.1) is 6.04 Å². The molecular weight excluding hydrogens is 218 g/mol. The van der Waals surface area contributed by atoms with Gasteiger partial charge in [-0.15, -0.1) is 0 Å². The molecule has 1 saturated carbocycles. The van der Waals surface area contributed by atoms with Gasteiger partial charge in [-0.25, -0.2) is 0 Å². The van der Waals surface area contributed by atoms with Crippen LogP contribution in [0.25, 0.3) is 0 Å². The molecule has 2 fully saturated rings. The summed E-state index contributed by atoms with van der Waals surface area (Å²) in [5, 5.41) is 8.95. The van der Waals surface area contributed by atoms with E-state index in [2.05, 4.69) is 16.0 Å². The Bertz CT molecular complexity index is 283. The number of hydrogen-bond donors (Lipinski definition) is 3. The summed E-state index contributed by atoms with van der Waals surface area (Å²) in [6, 6.07) is 0.412. The molecule has 5 heteroatoms. The third-order valence-corrected chi connectivity index (χ3v) is 3.20. The smallest absolute Gasteiger partial charge is 0.237 e. The molecule has 0 radical (unpaired) electrons. The van der Waals surface area contributed by atoms with Gasteiger partial charge in [0.25, 0.3) is 0 Å². The summed E-state index contributed by atoms with van der Waals surface area (Å²) in [7, 11) is 0. The van der Waals surface area contributed by atoms with E-state index in [0.717, 1.165) is 38.6 Å². The summed E-state index contributed by atoms with van der Waals surface area (Å²) in [6.07, 6.45) is 5.47. The van der Waals surface area contributed by atoms with Crippen LogP contribution in [-0.4, -0.2) is 37.0 Å². The zero-order chi connectivity index (χ0) is 12.1. The van der Waals surface area contributed by atoms with Crippen molar-refractivity contribution in [2.75, 3.05) is 13.1 Å². The largest absolute Gasteiger partial charge is 0.355 e. The first kappa shape index (κ1) is 12.4. The van der Waals surface area contributed by atoms with E-state index in [1.807, 2.05) is 0 Å². The zero-order valence-electron chi connectivity index (χ0n) is 10.1. The van der Waals surface area contributed by atoms with Crippen molar-refractivity contribution in [3.8, 4) is 0 Å². The number of amides is 2. The van der Waals surface area contributed by atoms with E-state index in [1.54, 1.807) is 0 Å². The molecule has 0 bridgehead atoms. The fourth-order valence-corrected chi connectivity index (χ4v) is 2.02. The second-order valence-corrected chi connectivity index (χ2v) is 4.89. The van der Waals surface area contributed by atoms with Gasteiger partial charge in [-0.05, 0) is 38.6 Å². The lowest BCUT2D eigenvalue weighted by Crippen LogP contribution is -2.40. The van der Waals surface area contributed by atoms with Gasteiger partial charge in [0.2, 0.25) is 11.8 Å². The van der Waals surface area contributed by atoms with Gasteiger partial charge in [0, 0.05) is 19.0 Å². The lowest BCUT2D eigenvalue weighted by Gasteiger charge is -2.10. The normalized spacial score (nSPS) is 23.4. The summed E-state index contributed by atoms with van der Waals surface area (Å²) < 4.78 is 0. The van der Waals surface area contributed by atoms with E-state index in [9.17, 15) is 9.59 Å². The minimum atomic E-state index is -0.0182. The molecule has 0 spiro atoms. The Labute approximate surface area is 102 Å². The number of carbonyl (C=O) groups excluding carboxylic acids is 2. The molecule has 17 heavy (non-hydrogen) atoms. The van der Waals surface area contributed by atoms with Crippen molar-refractivity contribution in [3.63, 3.8) is 0 Å². The molecule has 1 saturated heterocycles. The van der Waals surface area contributed by atoms with Crippen LogP contribution in [0, 0.1) is 0 Å². The summed E-state index contributed by atoms with van der Waals surface area (Å²) in [5.74, 6) is 0.186. The molecule has 5 nitrogen and oxygen atoms in total. The van der Waals surface area contributed by atoms with Crippen LogP contribution in [0.15, 0.2) is 0 Å². The third-order valence-electron chi connectivity index (χ3n) is 3.20. The molecule has 1 atom stereocenters. The highest BCUT2D eigenvalue weighted by Gasteiger charge is 2.23. The summed E-state index contributed by atoms with van der Waals surface area (Å²) >= 11 is 0. The van der Waals surface area contributed by atoms with Crippen molar-refractivity contribution in [2.45, 2.75) is 50.6 Å². The molecular formula is C12H21N3O2. The first-order valence-electron chi connectivity index (χ1n) is 6.56. The Morgan fingerprint density at radius 3 is 2.71 bits per heavy atom. The number of rotatable bonds is 6. The minimum absolute atomic E-state index is 0.0182. The second-order valence-electron chi connectivity index (χ2n) is 4.89. The molecule has 1 aliphatic carbocycles. The predicted octanol–water partition coefficient (Wildman–Crippen LogP) is -0.0866. The maximum Gasteiger partial charge on any atom is 0.237 e. The van der Waals surface area contributed by atoms with Crippen molar-refractivity contribution in [1.82, 2.24) is 16.0 Å². The maximum atomic E-state index is 11.6. The maximum absolute atomic E-state index is 11.6. The molecule has 1 aliphatic heterocycles. The average molecular weight is 239 g/mol. The van der Waals surface area contributed by atoms with Crippen LogP contribution < -0.4 is 16.0 Å². The molecule has 2 amide bonds. The minimum Gasteiger partial charge on any atom is -0.355 e. The monoisotopic (exact) mass is 239 g/mol. The van der Waals surface area contributed by atoms with Crippen LogP contribution in [0.1, 0.15) is 38.5 Å². The SMILES string of the molecule is O=C(CCCNC(=O)[C@@H]1CCCN1)NC1CC1. The lowest BCUT2D eigenvalue weighted by atomic mass is 10.2. The van der Waals surface area contributed by atoms with E-state index in [0.29, 0.717) is 19.0 Å². The van der Waals surface area contributed by atoms with Crippen LogP contribution in [0.3, 0.4) is 0 Å². The van der Waals surface area contributed by atoms with E-state index >= 15 is 0 Å². The average Bonchev–Trinajstić information content (AvgIpc) is 2.96. The Hall–Kier alpha value is -1.10. The second kappa shape index (κ2) is 6.00. The van der Waals surface area contributed by atoms with Gasteiger partial charge in [0.15, 0.2) is 0 Å². The lowest BCUT2D eigenvalue weighted by molar-refractivity contribution is -0.124. The first-order valence-corrected chi connectivity index (χ1v) is 6.56. The van der Waals surface area contributed by atoms with Crippen LogP contribution in [0.5, 0.6) is 0 Å². The molecule has 2 rings (SSSR count). The van der Waals surface area contributed by atoms with Gasteiger partial charge >= 0.3 is 0 Å². The van der Waals surface area contributed by atoms with E-state index in [4.69, 9.17) is 0 Å². The predicted molar refractivity (Wildman–Crippen MR) is 64.4 cm³/mol. The van der Waals surface area contributed by atoms with Crippen LogP contribution in [0.2, 0.25) is 0 Å². The van der Waals surface area contributed by atoms with Crippen LogP contribution in [-0.2, 0) is 9.59 Å². The highest BCUT2D eigenvalue weighted by Crippen LogP contribution is 2.18. The molecule has 2 aliphatic rings. The van der Waals surface area contributed by atoms with Crippen LogP contribution >= 0.6 is 0 Å². The quantitative estimate of drug-likeness (QED) is 0.568. The van der Waals surface area contributed by atoms with Gasteiger partial charge in [0.1, 0.15) is 0 Å². The Morgan fingerprint density at radius 1 is 1.24 bits per heavy atom. The molecule has 0 aromatic heterocycles. The standard InChI is InChI=1S/C12H21N3O2/c16-11(15-9-5-6-9)4-2-8-14-12(17)10-3-1-7-13-10/h9-10,13H,1-8H2,(H,14,17)(H,15,16)/t10-/m0/s1. The van der Waals surface area contributed by atoms with Gasteiger partial charge in [-0.2, -0.15) is 0 Å². The summed E-state index contributed by atoms with van der Waals surface area (Å²) in [5.41, 5.74) is 0. The van der Waals surface area contributed by atoms with E-state index in [-0.39, 0.29) is 17.9 Å². The Morgan fingerprint density at radius 2 is 2.06 bits per heavy atom. The van der Waals surface area contributed by atoms with Crippen molar-refractivity contribution in [1.29, 1.82) is 0 Å². The summed E-state index contributed by atoms with van der Waals surface area (Å²) in [4.78, 5) is 23.0. The Kier molecular flexibility index (Phi) is 4.36. The van der Waals surface area contributed by atoms with Gasteiger partial charge < -0.3 is 16.0 Å². The van der Waals surface area contributed by atoms with Crippen molar-refractivity contribution in [2.24, 2.45) is 0 Å². The molecule has 0 aromatic rings. The third kappa shape index (κ3) is 4.34. The molecule has 1 heterocycles. The highest BCUT2D eigenvalue weighted by atomic mass is 16.2. The number of carbonyl (C=O) groups is 2. The van der Waals surface area contributed by atoms with Crippen molar-refractivity contribution in [3.05, 3.63) is 0 Å². The molecule has 3 N–H and O–H groups in total.